The molecule has 7 heteroatoms. The van der Waals surface area contributed by atoms with Crippen molar-refractivity contribution in [3.05, 3.63) is 17.7 Å². The summed E-state index contributed by atoms with van der Waals surface area (Å²) < 4.78 is 16.0. The fraction of sp³-hybridized carbons (Fsp3) is 0.632. The minimum absolute atomic E-state index is 0. The first-order chi connectivity index (χ1) is 12.2. The molecule has 1 aromatic rings. The van der Waals surface area contributed by atoms with E-state index in [1.165, 1.54) is 32.1 Å². The molecule has 150 valence electrons. The molecule has 0 unspecified atom stereocenters. The summed E-state index contributed by atoms with van der Waals surface area (Å²) in [6.45, 7) is 3.50. The minimum atomic E-state index is 0. The van der Waals surface area contributed by atoms with Crippen LogP contribution in [0, 0.1) is 0 Å². The van der Waals surface area contributed by atoms with Crippen molar-refractivity contribution in [3.8, 4) is 17.2 Å². The number of halogens is 1. The van der Waals surface area contributed by atoms with Crippen LogP contribution in [-0.4, -0.2) is 33.8 Å². The molecule has 1 rings (SSSR count). The molecule has 0 amide bonds. The van der Waals surface area contributed by atoms with E-state index < -0.39 is 0 Å². The Labute approximate surface area is 174 Å². The summed E-state index contributed by atoms with van der Waals surface area (Å²) in [7, 11) is 4.82. The molecule has 26 heavy (non-hydrogen) atoms. The third kappa shape index (κ3) is 8.82. The molecule has 0 saturated carbocycles. The van der Waals surface area contributed by atoms with Gasteiger partial charge in [0.25, 0.3) is 0 Å². The molecule has 3 N–H and O–H groups in total. The average molecular weight is 479 g/mol. The molecule has 0 fully saturated rings. The zero-order chi connectivity index (χ0) is 18.5. The standard InChI is InChI=1S/C19H33N3O3.HI/c1-5-6-7-8-9-10-11-21-19(20)22-14-15-12-17(24-3)18(25-4)13-16(15)23-2;/h12-13H,5-11,14H2,1-4H3,(H3,20,21,22);1H. The molecule has 0 aliphatic rings. The van der Waals surface area contributed by atoms with E-state index in [0.29, 0.717) is 29.8 Å². The minimum Gasteiger partial charge on any atom is -0.496 e. The predicted molar refractivity (Wildman–Crippen MR) is 118 cm³/mol. The van der Waals surface area contributed by atoms with Gasteiger partial charge >= 0.3 is 0 Å². The lowest BCUT2D eigenvalue weighted by molar-refractivity contribution is 0.347. The molecule has 0 bridgehead atoms. The van der Waals surface area contributed by atoms with Crippen molar-refractivity contribution in [1.82, 2.24) is 5.32 Å². The highest BCUT2D eigenvalue weighted by molar-refractivity contribution is 14.0. The molecule has 0 saturated heterocycles. The zero-order valence-corrected chi connectivity index (χ0v) is 18.8. The Morgan fingerprint density at radius 1 is 0.923 bits per heavy atom. The molecule has 1 aromatic carbocycles. The quantitative estimate of drug-likeness (QED) is 0.204. The molecule has 0 radical (unpaired) electrons. The molecular formula is C19H34IN3O3. The topological polar surface area (TPSA) is 78.1 Å². The maximum atomic E-state index is 5.94. The number of benzene rings is 1. The SMILES string of the molecule is CCCCCCCCNC(N)=NCc1cc(OC)c(OC)cc1OC.I. The van der Waals surface area contributed by atoms with Crippen molar-refractivity contribution in [2.75, 3.05) is 27.9 Å². The van der Waals surface area contributed by atoms with Crippen LogP contribution >= 0.6 is 24.0 Å². The second-order valence-corrected chi connectivity index (χ2v) is 5.92. The highest BCUT2D eigenvalue weighted by atomic mass is 127. The summed E-state index contributed by atoms with van der Waals surface area (Å²) >= 11 is 0. The highest BCUT2D eigenvalue weighted by Crippen LogP contribution is 2.34. The van der Waals surface area contributed by atoms with Gasteiger partial charge in [-0.2, -0.15) is 0 Å². The summed E-state index contributed by atoms with van der Waals surface area (Å²) in [6.07, 6.45) is 7.54. The van der Waals surface area contributed by atoms with Crippen LogP contribution in [0.15, 0.2) is 17.1 Å². The molecule has 0 heterocycles. The van der Waals surface area contributed by atoms with Crippen molar-refractivity contribution < 1.29 is 14.2 Å². The van der Waals surface area contributed by atoms with Crippen LogP contribution in [0.4, 0.5) is 0 Å². The van der Waals surface area contributed by atoms with E-state index in [4.69, 9.17) is 19.9 Å². The first-order valence-corrected chi connectivity index (χ1v) is 8.98. The van der Waals surface area contributed by atoms with Crippen molar-refractivity contribution in [2.24, 2.45) is 10.7 Å². The Balaban J connectivity index is 0.00000625. The van der Waals surface area contributed by atoms with E-state index in [-0.39, 0.29) is 24.0 Å². The van der Waals surface area contributed by atoms with Crippen LogP contribution in [0.2, 0.25) is 0 Å². The predicted octanol–water partition coefficient (Wildman–Crippen LogP) is 4.10. The lowest BCUT2D eigenvalue weighted by atomic mass is 10.1. The number of nitrogens with zero attached hydrogens (tertiary/aromatic N) is 1. The summed E-state index contributed by atoms with van der Waals surface area (Å²) in [5.41, 5.74) is 6.84. The van der Waals surface area contributed by atoms with E-state index in [1.807, 2.05) is 6.07 Å². The average Bonchev–Trinajstić information content (AvgIpc) is 2.64. The number of aliphatic imine (C=N–C) groups is 1. The maximum Gasteiger partial charge on any atom is 0.188 e. The molecule has 0 spiro atoms. The molecule has 0 aromatic heterocycles. The van der Waals surface area contributed by atoms with Gasteiger partial charge in [-0.05, 0) is 12.5 Å². The van der Waals surface area contributed by atoms with Gasteiger partial charge in [0, 0.05) is 18.2 Å². The first kappa shape index (κ1) is 24.6. The van der Waals surface area contributed by atoms with Gasteiger partial charge in [0.1, 0.15) is 5.75 Å². The van der Waals surface area contributed by atoms with Crippen LogP contribution in [0.1, 0.15) is 51.0 Å². The van der Waals surface area contributed by atoms with Crippen molar-refractivity contribution in [1.29, 1.82) is 0 Å². The van der Waals surface area contributed by atoms with Crippen molar-refractivity contribution in [3.63, 3.8) is 0 Å². The smallest absolute Gasteiger partial charge is 0.188 e. The summed E-state index contributed by atoms with van der Waals surface area (Å²) in [5.74, 6) is 2.42. The van der Waals surface area contributed by atoms with Crippen LogP contribution in [0.3, 0.4) is 0 Å². The third-order valence-corrected chi connectivity index (χ3v) is 4.04. The number of unbranched alkanes of at least 4 members (excludes halogenated alkanes) is 5. The number of rotatable bonds is 12. The number of guanidine groups is 1. The van der Waals surface area contributed by atoms with E-state index in [2.05, 4.69) is 17.2 Å². The Morgan fingerprint density at radius 2 is 1.50 bits per heavy atom. The number of hydrogen-bond donors (Lipinski definition) is 2. The zero-order valence-electron chi connectivity index (χ0n) is 16.5. The van der Waals surface area contributed by atoms with Gasteiger partial charge < -0.3 is 25.3 Å². The normalized spacial score (nSPS) is 10.8. The second kappa shape index (κ2) is 14.8. The van der Waals surface area contributed by atoms with E-state index in [9.17, 15) is 0 Å². The third-order valence-electron chi connectivity index (χ3n) is 4.04. The van der Waals surface area contributed by atoms with E-state index in [0.717, 1.165) is 18.5 Å². The maximum absolute atomic E-state index is 5.94. The summed E-state index contributed by atoms with van der Waals surface area (Å²) in [5, 5.41) is 3.16. The number of methoxy groups -OCH3 is 3. The lowest BCUT2D eigenvalue weighted by Gasteiger charge is -2.13. The molecule has 0 atom stereocenters. The molecule has 0 aliphatic carbocycles. The Morgan fingerprint density at radius 3 is 2.12 bits per heavy atom. The van der Waals surface area contributed by atoms with Gasteiger partial charge in [-0.15, -0.1) is 24.0 Å². The van der Waals surface area contributed by atoms with Crippen LogP contribution in [0.25, 0.3) is 0 Å². The van der Waals surface area contributed by atoms with E-state index >= 15 is 0 Å². The monoisotopic (exact) mass is 479 g/mol. The number of nitrogens with two attached hydrogens (primary N) is 1. The van der Waals surface area contributed by atoms with Gasteiger partial charge in [-0.3, -0.25) is 0 Å². The molecular weight excluding hydrogens is 445 g/mol. The van der Waals surface area contributed by atoms with Crippen LogP contribution in [-0.2, 0) is 6.54 Å². The van der Waals surface area contributed by atoms with Crippen LogP contribution < -0.4 is 25.3 Å². The van der Waals surface area contributed by atoms with Gasteiger partial charge in [-0.1, -0.05) is 39.0 Å². The van der Waals surface area contributed by atoms with Gasteiger partial charge in [0.15, 0.2) is 17.5 Å². The second-order valence-electron chi connectivity index (χ2n) is 5.92. The first-order valence-electron chi connectivity index (χ1n) is 8.98. The lowest BCUT2D eigenvalue weighted by Crippen LogP contribution is -2.32. The number of ether oxygens (including phenoxy) is 3. The van der Waals surface area contributed by atoms with Gasteiger partial charge in [-0.25, -0.2) is 4.99 Å². The summed E-state index contributed by atoms with van der Waals surface area (Å²) in [4.78, 5) is 4.39. The highest BCUT2D eigenvalue weighted by Gasteiger charge is 2.11. The Hall–Kier alpha value is -1.38. The Bertz CT molecular complexity index is 539. The fourth-order valence-electron chi connectivity index (χ4n) is 2.56. The molecule has 6 nitrogen and oxygen atoms in total. The van der Waals surface area contributed by atoms with Crippen molar-refractivity contribution in [2.45, 2.75) is 52.0 Å². The number of hydrogen-bond acceptors (Lipinski definition) is 4. The molecule has 0 aliphatic heterocycles. The number of nitrogens with one attached hydrogen (secondary N) is 1. The summed E-state index contributed by atoms with van der Waals surface area (Å²) in [6, 6.07) is 3.66. The van der Waals surface area contributed by atoms with Crippen molar-refractivity contribution >= 4 is 29.9 Å². The fourth-order valence-corrected chi connectivity index (χ4v) is 2.56. The van der Waals surface area contributed by atoms with Gasteiger partial charge in [0.05, 0.1) is 27.9 Å². The largest absolute Gasteiger partial charge is 0.496 e. The van der Waals surface area contributed by atoms with Crippen LogP contribution in [0.5, 0.6) is 17.2 Å². The Kier molecular flexibility index (Phi) is 14.0. The van der Waals surface area contributed by atoms with Gasteiger partial charge in [0.2, 0.25) is 0 Å². The van der Waals surface area contributed by atoms with E-state index in [1.54, 1.807) is 27.4 Å².